The minimum absolute atomic E-state index is 0.196. The number of thiophene rings is 1. The van der Waals surface area contributed by atoms with Crippen LogP contribution in [-0.2, 0) is 6.42 Å². The molecule has 0 spiro atoms. The lowest BCUT2D eigenvalue weighted by atomic mass is 10.1. The van der Waals surface area contributed by atoms with Gasteiger partial charge in [0.2, 0.25) is 0 Å². The molecule has 0 amide bonds. The third kappa shape index (κ3) is 3.53. The van der Waals surface area contributed by atoms with Crippen LogP contribution in [0, 0.1) is 5.82 Å². The highest BCUT2D eigenvalue weighted by Gasteiger charge is 2.13. The van der Waals surface area contributed by atoms with Crippen molar-refractivity contribution in [2.24, 2.45) is 0 Å². The van der Waals surface area contributed by atoms with Crippen LogP contribution in [0.4, 0.5) is 4.39 Å². The molecule has 2 aromatic rings. The molecule has 0 fully saturated rings. The van der Waals surface area contributed by atoms with Gasteiger partial charge >= 0.3 is 0 Å². The quantitative estimate of drug-likeness (QED) is 0.558. The summed E-state index contributed by atoms with van der Waals surface area (Å²) in [6, 6.07) is 8.57. The van der Waals surface area contributed by atoms with Crippen molar-refractivity contribution < 1.29 is 4.39 Å². The highest BCUT2D eigenvalue weighted by atomic mass is 79.9. The molecule has 5 heteroatoms. The first kappa shape index (κ1) is 13.5. The highest BCUT2D eigenvalue weighted by Crippen LogP contribution is 2.39. The Morgan fingerprint density at radius 2 is 1.94 bits per heavy atom. The van der Waals surface area contributed by atoms with Crippen molar-refractivity contribution in [3.05, 3.63) is 55.4 Å². The van der Waals surface area contributed by atoms with E-state index < -0.39 is 0 Å². The second kappa shape index (κ2) is 5.83. The molecule has 1 atom stereocenters. The number of alkyl halides is 1. The molecular weight excluding hydrogens is 390 g/mol. The molecule has 0 nitrogen and oxygen atoms in total. The molecule has 0 aliphatic heterocycles. The Labute approximate surface area is 125 Å². The summed E-state index contributed by atoms with van der Waals surface area (Å²) < 4.78 is 14.4. The Balaban J connectivity index is 2.11. The summed E-state index contributed by atoms with van der Waals surface area (Å²) in [5.41, 5.74) is 1.09. The molecule has 1 aromatic carbocycles. The van der Waals surface area contributed by atoms with Gasteiger partial charge in [-0.15, -0.1) is 11.3 Å². The van der Waals surface area contributed by atoms with E-state index in [1.165, 1.54) is 12.1 Å². The van der Waals surface area contributed by atoms with Crippen LogP contribution in [0.1, 0.15) is 15.3 Å². The monoisotopic (exact) mass is 396 g/mol. The molecule has 1 unspecified atom stereocenters. The normalized spacial score (nSPS) is 12.7. The summed E-state index contributed by atoms with van der Waals surface area (Å²) in [5.74, 6) is -0.207. The van der Waals surface area contributed by atoms with E-state index in [2.05, 4.69) is 31.9 Å². The van der Waals surface area contributed by atoms with Gasteiger partial charge in [0.25, 0.3) is 0 Å². The molecule has 0 bridgehead atoms. The zero-order chi connectivity index (χ0) is 12.4. The summed E-state index contributed by atoms with van der Waals surface area (Å²) >= 11 is 14.6. The molecule has 0 saturated heterocycles. The van der Waals surface area contributed by atoms with Crippen LogP contribution in [0.2, 0.25) is 4.34 Å². The fourth-order valence-electron chi connectivity index (χ4n) is 1.45. The van der Waals surface area contributed by atoms with Crippen molar-refractivity contribution in [1.82, 2.24) is 0 Å². The van der Waals surface area contributed by atoms with Crippen LogP contribution >= 0.6 is 54.8 Å². The zero-order valence-corrected chi connectivity index (χ0v) is 13.3. The molecule has 0 aliphatic rings. The number of hydrogen-bond donors (Lipinski definition) is 0. The first-order valence-electron chi connectivity index (χ1n) is 4.89. The minimum Gasteiger partial charge on any atom is -0.207 e. The Morgan fingerprint density at radius 3 is 2.47 bits per heavy atom. The van der Waals surface area contributed by atoms with Crippen molar-refractivity contribution in [1.29, 1.82) is 0 Å². The van der Waals surface area contributed by atoms with E-state index in [1.807, 2.05) is 6.07 Å². The number of halogens is 4. The largest absolute Gasteiger partial charge is 0.207 e. The van der Waals surface area contributed by atoms with Gasteiger partial charge in [-0.05, 0) is 46.1 Å². The Hall–Kier alpha value is 0.1000. The summed E-state index contributed by atoms with van der Waals surface area (Å²) in [5, 5.41) is 0. The summed E-state index contributed by atoms with van der Waals surface area (Å²) in [7, 11) is 0. The van der Waals surface area contributed by atoms with Crippen molar-refractivity contribution in [3.8, 4) is 0 Å². The SMILES string of the molecule is Fc1ccc(CC(Br)c2cc(Br)c(Cl)s2)cc1. The predicted octanol–water partition coefficient (Wildman–Crippen LogP) is 5.98. The first-order valence-corrected chi connectivity index (χ1v) is 7.80. The molecular formula is C12H8Br2ClFS. The maximum atomic E-state index is 12.8. The van der Waals surface area contributed by atoms with Crippen molar-refractivity contribution >= 4 is 54.8 Å². The van der Waals surface area contributed by atoms with Crippen LogP contribution in [0.25, 0.3) is 0 Å². The lowest BCUT2D eigenvalue weighted by Crippen LogP contribution is -1.92. The molecule has 17 heavy (non-hydrogen) atoms. The smallest absolute Gasteiger partial charge is 0.123 e. The predicted molar refractivity (Wildman–Crippen MR) is 78.8 cm³/mol. The van der Waals surface area contributed by atoms with Gasteiger partial charge in [-0.3, -0.25) is 0 Å². The average Bonchev–Trinajstić information content (AvgIpc) is 2.63. The van der Waals surface area contributed by atoms with Crippen molar-refractivity contribution in [2.75, 3.05) is 0 Å². The van der Waals surface area contributed by atoms with Crippen LogP contribution in [0.3, 0.4) is 0 Å². The van der Waals surface area contributed by atoms with Gasteiger partial charge in [-0.25, -0.2) is 4.39 Å². The molecule has 90 valence electrons. The lowest BCUT2D eigenvalue weighted by Gasteiger charge is -2.07. The summed E-state index contributed by atoms with van der Waals surface area (Å²) in [6.45, 7) is 0. The fraction of sp³-hybridized carbons (Fsp3) is 0.167. The van der Waals surface area contributed by atoms with E-state index in [4.69, 9.17) is 11.6 Å². The van der Waals surface area contributed by atoms with Crippen LogP contribution in [0.5, 0.6) is 0 Å². The first-order chi connectivity index (χ1) is 8.06. The molecule has 2 rings (SSSR count). The third-order valence-electron chi connectivity index (χ3n) is 2.30. The third-order valence-corrected chi connectivity index (χ3v) is 6.01. The highest BCUT2D eigenvalue weighted by molar-refractivity contribution is 9.10. The van der Waals surface area contributed by atoms with Crippen LogP contribution in [-0.4, -0.2) is 0 Å². The van der Waals surface area contributed by atoms with E-state index in [1.54, 1.807) is 23.5 Å². The Kier molecular flexibility index (Phi) is 4.64. The average molecular weight is 399 g/mol. The van der Waals surface area contributed by atoms with E-state index in [0.29, 0.717) is 0 Å². The Morgan fingerprint density at radius 1 is 1.29 bits per heavy atom. The topological polar surface area (TPSA) is 0 Å². The van der Waals surface area contributed by atoms with E-state index in [0.717, 1.165) is 25.7 Å². The molecule has 0 saturated carbocycles. The van der Waals surface area contributed by atoms with Gasteiger partial charge < -0.3 is 0 Å². The maximum absolute atomic E-state index is 12.8. The summed E-state index contributed by atoms with van der Waals surface area (Å²) in [4.78, 5) is 1.35. The lowest BCUT2D eigenvalue weighted by molar-refractivity contribution is 0.627. The standard InChI is InChI=1S/C12H8Br2ClFS/c13-9(11-6-10(14)12(15)17-11)5-7-1-3-8(16)4-2-7/h1-4,6,9H,5H2. The minimum atomic E-state index is -0.207. The molecule has 0 aliphatic carbocycles. The van der Waals surface area contributed by atoms with E-state index >= 15 is 0 Å². The number of hydrogen-bond acceptors (Lipinski definition) is 1. The number of benzene rings is 1. The molecule has 1 heterocycles. The van der Waals surface area contributed by atoms with Crippen LogP contribution < -0.4 is 0 Å². The van der Waals surface area contributed by atoms with Gasteiger partial charge in [0.05, 0.1) is 4.83 Å². The van der Waals surface area contributed by atoms with Gasteiger partial charge in [0, 0.05) is 9.35 Å². The Bertz CT molecular complexity index is 490. The van der Waals surface area contributed by atoms with E-state index in [-0.39, 0.29) is 10.6 Å². The van der Waals surface area contributed by atoms with Crippen molar-refractivity contribution in [2.45, 2.75) is 11.2 Å². The van der Waals surface area contributed by atoms with Gasteiger partial charge in [0.15, 0.2) is 0 Å². The van der Waals surface area contributed by atoms with Gasteiger partial charge in [0.1, 0.15) is 10.2 Å². The van der Waals surface area contributed by atoms with E-state index in [9.17, 15) is 4.39 Å². The van der Waals surface area contributed by atoms with Gasteiger partial charge in [-0.1, -0.05) is 39.7 Å². The fourth-order valence-corrected chi connectivity index (χ4v) is 3.95. The zero-order valence-electron chi connectivity index (χ0n) is 8.59. The molecule has 0 radical (unpaired) electrons. The number of rotatable bonds is 3. The molecule has 1 aromatic heterocycles. The second-order valence-electron chi connectivity index (χ2n) is 3.57. The molecule has 0 N–H and O–H groups in total. The second-order valence-corrected chi connectivity index (χ2v) is 7.21. The van der Waals surface area contributed by atoms with Crippen molar-refractivity contribution in [3.63, 3.8) is 0 Å². The summed E-state index contributed by atoms with van der Waals surface area (Å²) in [6.07, 6.45) is 0.809. The maximum Gasteiger partial charge on any atom is 0.123 e. The van der Waals surface area contributed by atoms with Gasteiger partial charge in [-0.2, -0.15) is 0 Å². The van der Waals surface area contributed by atoms with Crippen LogP contribution in [0.15, 0.2) is 34.8 Å².